The molecule has 0 amide bonds. The van der Waals surface area contributed by atoms with Gasteiger partial charge < -0.3 is 4.18 Å². The summed E-state index contributed by atoms with van der Waals surface area (Å²) in [5.41, 5.74) is 2.02. The van der Waals surface area contributed by atoms with E-state index in [2.05, 4.69) is 18.7 Å². The molecule has 2 aliphatic heterocycles. The average Bonchev–Trinajstić information content (AvgIpc) is 2.47. The number of hydrogen-bond acceptors (Lipinski definition) is 5. The summed E-state index contributed by atoms with van der Waals surface area (Å²) in [5.74, 6) is 1.41. The lowest BCUT2D eigenvalue weighted by molar-refractivity contribution is 0.249. The SMILES string of the molecule is CCN(CC)C1CS(=O)(=O)OC2=C1CSc1ccccc12. The Morgan fingerprint density at radius 2 is 2.00 bits per heavy atom. The Morgan fingerprint density at radius 3 is 2.71 bits per heavy atom. The van der Waals surface area contributed by atoms with Gasteiger partial charge in [0.2, 0.25) is 0 Å². The second kappa shape index (κ2) is 5.66. The summed E-state index contributed by atoms with van der Waals surface area (Å²) in [6, 6.07) is 7.77. The molecule has 0 bridgehead atoms. The summed E-state index contributed by atoms with van der Waals surface area (Å²) in [6.45, 7) is 5.80. The van der Waals surface area contributed by atoms with Crippen molar-refractivity contribution in [3.63, 3.8) is 0 Å². The molecule has 1 aromatic carbocycles. The Kier molecular flexibility index (Phi) is 4.03. The summed E-state index contributed by atoms with van der Waals surface area (Å²) < 4.78 is 29.7. The molecule has 2 aliphatic rings. The van der Waals surface area contributed by atoms with Crippen molar-refractivity contribution in [1.29, 1.82) is 0 Å². The van der Waals surface area contributed by atoms with Crippen LogP contribution in [0.25, 0.3) is 5.76 Å². The largest absolute Gasteiger partial charge is 0.382 e. The Hall–Kier alpha value is -0.980. The van der Waals surface area contributed by atoms with E-state index in [1.165, 1.54) is 0 Å². The van der Waals surface area contributed by atoms with Crippen molar-refractivity contribution >= 4 is 27.6 Å². The topological polar surface area (TPSA) is 46.6 Å². The third-order valence-corrected chi connectivity index (χ3v) is 6.30. The molecule has 6 heteroatoms. The van der Waals surface area contributed by atoms with E-state index < -0.39 is 10.1 Å². The molecule has 21 heavy (non-hydrogen) atoms. The highest BCUT2D eigenvalue weighted by Crippen LogP contribution is 2.42. The van der Waals surface area contributed by atoms with Gasteiger partial charge in [-0.25, -0.2) is 0 Å². The molecule has 0 radical (unpaired) electrons. The van der Waals surface area contributed by atoms with E-state index in [4.69, 9.17) is 4.18 Å². The summed E-state index contributed by atoms with van der Waals surface area (Å²) in [5, 5.41) is 0. The van der Waals surface area contributed by atoms with Gasteiger partial charge in [-0.2, -0.15) is 8.42 Å². The second-order valence-corrected chi connectivity index (χ2v) is 7.82. The number of likely N-dealkylation sites (N-methyl/N-ethyl adjacent to an activating group) is 1. The fraction of sp³-hybridized carbons (Fsp3) is 0.467. The molecule has 1 atom stereocenters. The third-order valence-electron chi connectivity index (χ3n) is 4.03. The molecule has 1 unspecified atom stereocenters. The minimum absolute atomic E-state index is 0.0518. The van der Waals surface area contributed by atoms with Crippen LogP contribution in [-0.2, 0) is 14.3 Å². The fourth-order valence-electron chi connectivity index (χ4n) is 2.97. The predicted molar refractivity (Wildman–Crippen MR) is 85.7 cm³/mol. The lowest BCUT2D eigenvalue weighted by Crippen LogP contribution is -2.45. The highest BCUT2D eigenvalue weighted by atomic mass is 32.2. The van der Waals surface area contributed by atoms with Gasteiger partial charge in [0.1, 0.15) is 5.75 Å². The molecule has 0 spiro atoms. The fourth-order valence-corrected chi connectivity index (χ4v) is 5.41. The van der Waals surface area contributed by atoms with E-state index in [0.717, 1.165) is 34.9 Å². The van der Waals surface area contributed by atoms with Crippen LogP contribution >= 0.6 is 11.8 Å². The maximum absolute atomic E-state index is 12.2. The van der Waals surface area contributed by atoms with E-state index in [0.29, 0.717) is 5.76 Å². The van der Waals surface area contributed by atoms with E-state index in [1.54, 1.807) is 11.8 Å². The van der Waals surface area contributed by atoms with Gasteiger partial charge in [0.25, 0.3) is 0 Å². The zero-order chi connectivity index (χ0) is 15.0. The molecule has 0 aromatic heterocycles. The van der Waals surface area contributed by atoms with Crippen molar-refractivity contribution < 1.29 is 12.6 Å². The van der Waals surface area contributed by atoms with Crippen LogP contribution < -0.4 is 0 Å². The average molecular weight is 325 g/mol. The van der Waals surface area contributed by atoms with Gasteiger partial charge >= 0.3 is 10.1 Å². The summed E-state index contributed by atoms with van der Waals surface area (Å²) in [6.07, 6.45) is 0. The maximum Gasteiger partial charge on any atom is 0.311 e. The molecule has 3 rings (SSSR count). The normalized spacial score (nSPS) is 23.5. The first-order valence-corrected chi connectivity index (χ1v) is 9.73. The number of hydrogen-bond donors (Lipinski definition) is 0. The van der Waals surface area contributed by atoms with Crippen LogP contribution in [0.5, 0.6) is 0 Å². The molecule has 4 nitrogen and oxygen atoms in total. The number of rotatable bonds is 3. The Balaban J connectivity index is 2.13. The van der Waals surface area contributed by atoms with Crippen LogP contribution in [0.1, 0.15) is 19.4 Å². The molecule has 114 valence electrons. The van der Waals surface area contributed by atoms with Crippen molar-refractivity contribution in [3.8, 4) is 0 Å². The number of benzene rings is 1. The van der Waals surface area contributed by atoms with E-state index in [-0.39, 0.29) is 11.8 Å². The minimum Gasteiger partial charge on any atom is -0.382 e. The highest BCUT2D eigenvalue weighted by Gasteiger charge is 2.39. The minimum atomic E-state index is -3.52. The molecule has 0 N–H and O–H groups in total. The van der Waals surface area contributed by atoms with E-state index in [1.807, 2.05) is 24.3 Å². The lowest BCUT2D eigenvalue weighted by Gasteiger charge is -2.37. The van der Waals surface area contributed by atoms with Crippen LogP contribution in [0.4, 0.5) is 0 Å². The summed E-state index contributed by atoms with van der Waals surface area (Å²) in [4.78, 5) is 3.29. The smallest absolute Gasteiger partial charge is 0.311 e. The zero-order valence-electron chi connectivity index (χ0n) is 12.2. The molecular formula is C15H19NO3S2. The molecule has 0 saturated heterocycles. The number of thioether (sulfide) groups is 1. The van der Waals surface area contributed by atoms with Gasteiger partial charge in [-0.15, -0.1) is 11.8 Å². The first-order valence-electron chi connectivity index (χ1n) is 7.17. The second-order valence-electron chi connectivity index (χ2n) is 5.18. The monoisotopic (exact) mass is 325 g/mol. The number of nitrogens with zero attached hydrogens (tertiary/aromatic N) is 1. The van der Waals surface area contributed by atoms with E-state index in [9.17, 15) is 8.42 Å². The Morgan fingerprint density at radius 1 is 1.29 bits per heavy atom. The lowest BCUT2D eigenvalue weighted by atomic mass is 10.0. The zero-order valence-corrected chi connectivity index (χ0v) is 13.8. The first kappa shape index (κ1) is 14.9. The van der Waals surface area contributed by atoms with Gasteiger partial charge in [-0.05, 0) is 19.2 Å². The molecular weight excluding hydrogens is 306 g/mol. The maximum atomic E-state index is 12.2. The van der Waals surface area contributed by atoms with Gasteiger partial charge in [-0.1, -0.05) is 32.0 Å². The molecule has 1 aromatic rings. The van der Waals surface area contributed by atoms with Gasteiger partial charge in [0.15, 0.2) is 5.76 Å². The van der Waals surface area contributed by atoms with Crippen molar-refractivity contribution in [2.24, 2.45) is 0 Å². The van der Waals surface area contributed by atoms with Crippen molar-refractivity contribution in [2.75, 3.05) is 24.6 Å². The van der Waals surface area contributed by atoms with Gasteiger partial charge in [0, 0.05) is 21.8 Å². The highest BCUT2D eigenvalue weighted by molar-refractivity contribution is 7.99. The molecule has 2 heterocycles. The van der Waals surface area contributed by atoms with Crippen LogP contribution in [-0.4, -0.2) is 44.0 Å². The summed E-state index contributed by atoms with van der Waals surface area (Å²) >= 11 is 1.76. The first-order chi connectivity index (χ1) is 10.1. The Labute approximate surface area is 130 Å². The van der Waals surface area contributed by atoms with Crippen LogP contribution in [0.15, 0.2) is 34.7 Å². The van der Waals surface area contributed by atoms with Crippen molar-refractivity contribution in [1.82, 2.24) is 4.90 Å². The van der Waals surface area contributed by atoms with Gasteiger partial charge in [0.05, 0.1) is 6.04 Å². The number of fused-ring (bicyclic) bond motifs is 2. The quantitative estimate of drug-likeness (QED) is 0.799. The molecule has 0 fully saturated rings. The van der Waals surface area contributed by atoms with Crippen molar-refractivity contribution in [2.45, 2.75) is 24.8 Å². The van der Waals surface area contributed by atoms with Crippen LogP contribution in [0.2, 0.25) is 0 Å². The summed E-state index contributed by atoms with van der Waals surface area (Å²) in [7, 11) is -3.52. The predicted octanol–water partition coefficient (Wildman–Crippen LogP) is 2.57. The third kappa shape index (κ3) is 2.72. The molecule has 0 saturated carbocycles. The van der Waals surface area contributed by atoms with E-state index >= 15 is 0 Å². The van der Waals surface area contributed by atoms with Gasteiger partial charge in [-0.3, -0.25) is 4.90 Å². The van der Waals surface area contributed by atoms with Crippen LogP contribution in [0, 0.1) is 0 Å². The standard InChI is InChI=1S/C15H19NO3S2/c1-3-16(4-2)13-10-21(17,18)19-15-11-7-5-6-8-14(11)20-9-12(13)15/h5-8,13H,3-4,9-10H2,1-2H3. The van der Waals surface area contributed by atoms with Crippen LogP contribution in [0.3, 0.4) is 0 Å². The Bertz CT molecular complexity index is 678. The van der Waals surface area contributed by atoms with Crippen molar-refractivity contribution in [3.05, 3.63) is 35.4 Å². The molecule has 0 aliphatic carbocycles.